The zero-order chi connectivity index (χ0) is 13.7. The smallest absolute Gasteiger partial charge is 0.214 e. The zero-order valence-corrected chi connectivity index (χ0v) is 11.5. The van der Waals surface area contributed by atoms with Crippen molar-refractivity contribution in [2.24, 2.45) is 0 Å². The third-order valence-electron chi connectivity index (χ3n) is 3.29. The predicted octanol–water partition coefficient (Wildman–Crippen LogP) is 0.777. The van der Waals surface area contributed by atoms with Gasteiger partial charge >= 0.3 is 0 Å². The lowest BCUT2D eigenvalue weighted by Crippen LogP contribution is -2.37. The van der Waals surface area contributed by atoms with Crippen LogP contribution in [0.1, 0.15) is 24.0 Å². The summed E-state index contributed by atoms with van der Waals surface area (Å²) in [5, 5.41) is 8.59. The van der Waals surface area contributed by atoms with Gasteiger partial charge in [-0.15, -0.1) is 0 Å². The van der Waals surface area contributed by atoms with Crippen LogP contribution in [0.3, 0.4) is 0 Å². The predicted molar refractivity (Wildman–Crippen MR) is 72.0 cm³/mol. The van der Waals surface area contributed by atoms with E-state index >= 15 is 0 Å². The maximum atomic E-state index is 12.1. The number of sulfonamides is 1. The van der Waals surface area contributed by atoms with E-state index in [4.69, 9.17) is 9.84 Å². The van der Waals surface area contributed by atoms with E-state index in [1.54, 1.807) is 12.1 Å². The SMILES string of the molecule is O=S(=O)(NCc1ccc(CO)cc1)C1CCOCC1. The van der Waals surface area contributed by atoms with Gasteiger partial charge in [0.1, 0.15) is 0 Å². The second-order valence-electron chi connectivity index (χ2n) is 4.65. The first kappa shape index (κ1) is 14.5. The van der Waals surface area contributed by atoms with E-state index in [0.717, 1.165) is 11.1 Å². The molecule has 2 rings (SSSR count). The molecule has 106 valence electrons. The number of nitrogens with one attached hydrogen (secondary N) is 1. The standard InChI is InChI=1S/C13H19NO4S/c15-10-12-3-1-11(2-4-12)9-14-19(16,17)13-5-7-18-8-6-13/h1-4,13-15H,5-10H2. The first-order valence-electron chi connectivity index (χ1n) is 6.37. The lowest BCUT2D eigenvalue weighted by molar-refractivity contribution is 0.0981. The Morgan fingerprint density at radius 1 is 1.16 bits per heavy atom. The first-order valence-corrected chi connectivity index (χ1v) is 7.91. The Kier molecular flexibility index (Phi) is 4.93. The highest BCUT2D eigenvalue weighted by Gasteiger charge is 2.27. The highest BCUT2D eigenvalue weighted by atomic mass is 32.2. The molecule has 1 saturated heterocycles. The average Bonchev–Trinajstić information content (AvgIpc) is 2.47. The lowest BCUT2D eigenvalue weighted by Gasteiger charge is -2.22. The monoisotopic (exact) mass is 285 g/mol. The Morgan fingerprint density at radius 2 is 1.74 bits per heavy atom. The van der Waals surface area contributed by atoms with Crippen molar-refractivity contribution in [1.82, 2.24) is 4.72 Å². The summed E-state index contributed by atoms with van der Waals surface area (Å²) in [6.07, 6.45) is 1.11. The quantitative estimate of drug-likeness (QED) is 0.838. The average molecular weight is 285 g/mol. The van der Waals surface area contributed by atoms with Crippen LogP contribution in [0.4, 0.5) is 0 Å². The Balaban J connectivity index is 1.92. The Hall–Kier alpha value is -0.950. The van der Waals surface area contributed by atoms with Gasteiger partial charge in [-0.05, 0) is 24.0 Å². The van der Waals surface area contributed by atoms with Crippen LogP contribution in [0.2, 0.25) is 0 Å². The van der Waals surface area contributed by atoms with Crippen LogP contribution in [-0.2, 0) is 27.9 Å². The van der Waals surface area contributed by atoms with Gasteiger partial charge in [-0.25, -0.2) is 13.1 Å². The minimum atomic E-state index is -3.28. The van der Waals surface area contributed by atoms with Crippen LogP contribution in [0.25, 0.3) is 0 Å². The van der Waals surface area contributed by atoms with Gasteiger partial charge in [0.05, 0.1) is 11.9 Å². The maximum Gasteiger partial charge on any atom is 0.214 e. The summed E-state index contributed by atoms with van der Waals surface area (Å²) in [6.45, 7) is 1.30. The summed E-state index contributed by atoms with van der Waals surface area (Å²) in [7, 11) is -3.28. The number of ether oxygens (including phenoxy) is 1. The van der Waals surface area contributed by atoms with E-state index in [-0.39, 0.29) is 18.4 Å². The highest BCUT2D eigenvalue weighted by Crippen LogP contribution is 2.15. The fourth-order valence-electron chi connectivity index (χ4n) is 2.05. The van der Waals surface area contributed by atoms with Gasteiger partial charge in [-0.3, -0.25) is 0 Å². The van der Waals surface area contributed by atoms with E-state index in [2.05, 4.69) is 4.72 Å². The summed E-state index contributed by atoms with van der Waals surface area (Å²) in [4.78, 5) is 0. The van der Waals surface area contributed by atoms with Crippen LogP contribution < -0.4 is 4.72 Å². The minimum Gasteiger partial charge on any atom is -0.392 e. The second-order valence-corrected chi connectivity index (χ2v) is 6.70. The van der Waals surface area contributed by atoms with Gasteiger partial charge in [0.15, 0.2) is 0 Å². The molecule has 1 aliphatic heterocycles. The van der Waals surface area contributed by atoms with E-state index in [1.165, 1.54) is 0 Å². The summed E-state index contributed by atoms with van der Waals surface area (Å²) >= 11 is 0. The summed E-state index contributed by atoms with van der Waals surface area (Å²) in [6, 6.07) is 7.21. The van der Waals surface area contributed by atoms with Gasteiger partial charge in [0, 0.05) is 19.8 Å². The topological polar surface area (TPSA) is 75.6 Å². The van der Waals surface area contributed by atoms with Crippen molar-refractivity contribution in [1.29, 1.82) is 0 Å². The number of aliphatic hydroxyl groups is 1. The van der Waals surface area contributed by atoms with Crippen molar-refractivity contribution in [3.8, 4) is 0 Å². The molecule has 0 bridgehead atoms. The molecule has 1 heterocycles. The van der Waals surface area contributed by atoms with Gasteiger partial charge in [0.25, 0.3) is 0 Å². The first-order chi connectivity index (χ1) is 9.12. The molecule has 0 unspecified atom stereocenters. The molecule has 0 amide bonds. The van der Waals surface area contributed by atoms with Gasteiger partial charge < -0.3 is 9.84 Å². The fourth-order valence-corrected chi connectivity index (χ4v) is 3.47. The van der Waals surface area contributed by atoms with Crippen molar-refractivity contribution in [2.45, 2.75) is 31.2 Å². The van der Waals surface area contributed by atoms with Crippen LogP contribution in [0.5, 0.6) is 0 Å². The molecule has 5 nitrogen and oxygen atoms in total. The molecule has 1 aromatic carbocycles. The molecule has 2 N–H and O–H groups in total. The van der Waals surface area contributed by atoms with Crippen molar-refractivity contribution in [3.63, 3.8) is 0 Å². The molecule has 19 heavy (non-hydrogen) atoms. The Morgan fingerprint density at radius 3 is 2.32 bits per heavy atom. The van der Waals surface area contributed by atoms with Crippen molar-refractivity contribution in [3.05, 3.63) is 35.4 Å². The third-order valence-corrected chi connectivity index (χ3v) is 5.19. The molecule has 1 fully saturated rings. The highest BCUT2D eigenvalue weighted by molar-refractivity contribution is 7.90. The molecule has 0 spiro atoms. The molecule has 1 aliphatic rings. The van der Waals surface area contributed by atoms with E-state index in [0.29, 0.717) is 26.1 Å². The summed E-state index contributed by atoms with van der Waals surface area (Å²) in [5.41, 5.74) is 1.70. The summed E-state index contributed by atoms with van der Waals surface area (Å²) < 4.78 is 32.0. The van der Waals surface area contributed by atoms with E-state index in [9.17, 15) is 8.42 Å². The van der Waals surface area contributed by atoms with Crippen LogP contribution in [0, 0.1) is 0 Å². The molecule has 0 aliphatic carbocycles. The van der Waals surface area contributed by atoms with E-state index in [1.807, 2.05) is 12.1 Å². The number of aliphatic hydroxyl groups excluding tert-OH is 1. The molecular formula is C13H19NO4S. The number of hydrogen-bond acceptors (Lipinski definition) is 4. The second kappa shape index (κ2) is 6.47. The van der Waals surface area contributed by atoms with Crippen molar-refractivity contribution in [2.75, 3.05) is 13.2 Å². The number of hydrogen-bond donors (Lipinski definition) is 2. The normalized spacial score (nSPS) is 17.5. The Bertz CT molecular complexity index is 492. The van der Waals surface area contributed by atoms with E-state index < -0.39 is 10.0 Å². The third kappa shape index (κ3) is 4.01. The largest absolute Gasteiger partial charge is 0.392 e. The zero-order valence-electron chi connectivity index (χ0n) is 10.7. The minimum absolute atomic E-state index is 0.00587. The molecule has 0 saturated carbocycles. The number of rotatable bonds is 5. The maximum absolute atomic E-state index is 12.1. The van der Waals surface area contributed by atoms with Crippen molar-refractivity contribution >= 4 is 10.0 Å². The van der Waals surface area contributed by atoms with Crippen molar-refractivity contribution < 1.29 is 18.3 Å². The number of benzene rings is 1. The molecule has 0 atom stereocenters. The summed E-state index contributed by atoms with van der Waals surface area (Å²) in [5.74, 6) is 0. The lowest BCUT2D eigenvalue weighted by atomic mass is 10.1. The van der Waals surface area contributed by atoms with Gasteiger partial charge in [0.2, 0.25) is 10.0 Å². The van der Waals surface area contributed by atoms with Crippen LogP contribution in [0.15, 0.2) is 24.3 Å². The molecule has 1 aromatic rings. The fraction of sp³-hybridized carbons (Fsp3) is 0.538. The Labute approximate surface area is 113 Å². The van der Waals surface area contributed by atoms with Gasteiger partial charge in [-0.2, -0.15) is 0 Å². The molecule has 0 radical (unpaired) electrons. The molecule has 6 heteroatoms. The van der Waals surface area contributed by atoms with Gasteiger partial charge in [-0.1, -0.05) is 24.3 Å². The molecular weight excluding hydrogens is 266 g/mol. The molecule has 0 aromatic heterocycles. The van der Waals surface area contributed by atoms with Crippen LogP contribution in [-0.4, -0.2) is 32.0 Å². The van der Waals surface area contributed by atoms with Crippen LogP contribution >= 0.6 is 0 Å².